The maximum Gasteiger partial charge on any atom is -0.000462 e. The van der Waals surface area contributed by atoms with Crippen molar-refractivity contribution >= 4 is 22.6 Å². The minimum atomic E-state index is 1.20. The fourth-order valence-corrected chi connectivity index (χ4v) is 1.09. The summed E-state index contributed by atoms with van der Waals surface area (Å²) in [5.41, 5.74) is 0. The third-order valence-electron chi connectivity index (χ3n) is 1.03. The van der Waals surface area contributed by atoms with Gasteiger partial charge in [0.15, 0.2) is 0 Å². The van der Waals surface area contributed by atoms with Crippen LogP contribution in [0.15, 0.2) is 24.8 Å². The standard InChI is InChI=1S/C8H13I/c1-2-3-4-5-6-7-8-9/h2-4H,1,5-8H2. The van der Waals surface area contributed by atoms with Gasteiger partial charge in [0.05, 0.1) is 0 Å². The van der Waals surface area contributed by atoms with Gasteiger partial charge in [0.25, 0.3) is 0 Å². The van der Waals surface area contributed by atoms with Crippen LogP contribution >= 0.6 is 22.6 Å². The Morgan fingerprint density at radius 3 is 2.67 bits per heavy atom. The maximum absolute atomic E-state index is 3.59. The molecule has 0 aliphatic carbocycles. The van der Waals surface area contributed by atoms with Gasteiger partial charge in [-0.05, 0) is 23.7 Å². The van der Waals surface area contributed by atoms with Gasteiger partial charge in [0.1, 0.15) is 0 Å². The van der Waals surface area contributed by atoms with Crippen LogP contribution in [0.5, 0.6) is 0 Å². The van der Waals surface area contributed by atoms with E-state index in [2.05, 4.69) is 35.2 Å². The first kappa shape index (κ1) is 9.21. The van der Waals surface area contributed by atoms with Crippen molar-refractivity contribution < 1.29 is 0 Å². The predicted octanol–water partition coefficient (Wildman–Crippen LogP) is 3.33. The Hall–Kier alpha value is 0.210. The van der Waals surface area contributed by atoms with Gasteiger partial charge in [-0.25, -0.2) is 0 Å². The monoisotopic (exact) mass is 236 g/mol. The lowest BCUT2D eigenvalue weighted by atomic mass is 10.2. The lowest BCUT2D eigenvalue weighted by Crippen LogP contribution is -1.72. The first-order valence-electron chi connectivity index (χ1n) is 3.25. The van der Waals surface area contributed by atoms with Gasteiger partial charge in [-0.3, -0.25) is 0 Å². The van der Waals surface area contributed by atoms with Crippen molar-refractivity contribution in [2.45, 2.75) is 19.3 Å². The highest BCUT2D eigenvalue weighted by Crippen LogP contribution is 1.99. The van der Waals surface area contributed by atoms with E-state index in [1.807, 2.05) is 12.2 Å². The van der Waals surface area contributed by atoms with E-state index in [1.165, 1.54) is 23.7 Å². The van der Waals surface area contributed by atoms with E-state index in [9.17, 15) is 0 Å². The maximum atomic E-state index is 3.59. The summed E-state index contributed by atoms with van der Waals surface area (Å²) in [6.45, 7) is 3.59. The molecule has 0 radical (unpaired) electrons. The average molecular weight is 236 g/mol. The number of halogens is 1. The summed E-state index contributed by atoms with van der Waals surface area (Å²) in [6.07, 6.45) is 9.85. The van der Waals surface area contributed by atoms with Gasteiger partial charge in [-0.2, -0.15) is 0 Å². The zero-order chi connectivity index (χ0) is 6.95. The minimum Gasteiger partial charge on any atom is -0.0991 e. The van der Waals surface area contributed by atoms with Gasteiger partial charge < -0.3 is 0 Å². The summed E-state index contributed by atoms with van der Waals surface area (Å²) in [4.78, 5) is 0. The van der Waals surface area contributed by atoms with Crippen LogP contribution in [0.25, 0.3) is 0 Å². The van der Waals surface area contributed by atoms with Crippen LogP contribution in [0, 0.1) is 0 Å². The van der Waals surface area contributed by atoms with Crippen LogP contribution in [-0.2, 0) is 0 Å². The number of hydrogen-bond donors (Lipinski definition) is 0. The Balaban J connectivity index is 2.90. The zero-order valence-electron chi connectivity index (χ0n) is 5.65. The molecule has 0 saturated carbocycles. The number of unbranched alkanes of at least 4 members (excludes halogenated alkanes) is 2. The summed E-state index contributed by atoms with van der Waals surface area (Å²) in [6, 6.07) is 0. The van der Waals surface area contributed by atoms with Crippen LogP contribution in [0.1, 0.15) is 19.3 Å². The van der Waals surface area contributed by atoms with Crippen molar-refractivity contribution in [2.75, 3.05) is 4.43 Å². The summed E-state index contributed by atoms with van der Waals surface area (Å²) in [5, 5.41) is 0. The molecule has 0 aromatic carbocycles. The second-order valence-electron chi connectivity index (χ2n) is 1.85. The van der Waals surface area contributed by atoms with Crippen LogP contribution in [0.4, 0.5) is 0 Å². The van der Waals surface area contributed by atoms with Crippen molar-refractivity contribution in [3.8, 4) is 0 Å². The molecule has 0 atom stereocenters. The molecule has 0 amide bonds. The van der Waals surface area contributed by atoms with E-state index in [4.69, 9.17) is 0 Å². The quantitative estimate of drug-likeness (QED) is 0.297. The van der Waals surface area contributed by atoms with Gasteiger partial charge in [-0.1, -0.05) is 47.4 Å². The van der Waals surface area contributed by atoms with Gasteiger partial charge in [-0.15, -0.1) is 0 Å². The van der Waals surface area contributed by atoms with E-state index in [0.29, 0.717) is 0 Å². The lowest BCUT2D eigenvalue weighted by molar-refractivity contribution is 0.831. The molecule has 1 heteroatoms. The number of alkyl halides is 1. The lowest BCUT2D eigenvalue weighted by Gasteiger charge is -1.88. The molecule has 0 N–H and O–H groups in total. The Labute approximate surface area is 71.2 Å². The summed E-state index contributed by atoms with van der Waals surface area (Å²) in [5.74, 6) is 0. The molecule has 0 saturated heterocycles. The van der Waals surface area contributed by atoms with Crippen molar-refractivity contribution in [2.24, 2.45) is 0 Å². The molecule has 52 valence electrons. The fourth-order valence-electron chi connectivity index (χ4n) is 0.549. The average Bonchev–Trinajstić information content (AvgIpc) is 1.89. The third kappa shape index (κ3) is 8.21. The highest BCUT2D eigenvalue weighted by molar-refractivity contribution is 14.1. The Kier molecular flexibility index (Phi) is 8.40. The van der Waals surface area contributed by atoms with E-state index in [1.54, 1.807) is 0 Å². The van der Waals surface area contributed by atoms with Crippen LogP contribution in [0.3, 0.4) is 0 Å². The minimum absolute atomic E-state index is 1.20. The molecule has 0 bridgehead atoms. The number of allylic oxidation sites excluding steroid dienone is 3. The van der Waals surface area contributed by atoms with Crippen LogP contribution < -0.4 is 0 Å². The van der Waals surface area contributed by atoms with Crippen molar-refractivity contribution in [1.82, 2.24) is 0 Å². The Morgan fingerprint density at radius 1 is 1.33 bits per heavy atom. The number of hydrogen-bond acceptors (Lipinski definition) is 0. The molecule has 0 aliphatic heterocycles. The number of rotatable bonds is 5. The highest BCUT2D eigenvalue weighted by Gasteiger charge is 1.79. The van der Waals surface area contributed by atoms with Crippen molar-refractivity contribution in [3.05, 3.63) is 24.8 Å². The van der Waals surface area contributed by atoms with E-state index < -0.39 is 0 Å². The third-order valence-corrected chi connectivity index (χ3v) is 1.79. The molecule has 0 aromatic rings. The predicted molar refractivity (Wildman–Crippen MR) is 52.1 cm³/mol. The Bertz CT molecular complexity index is 84.6. The SMILES string of the molecule is C=CC=CCCCCI. The highest BCUT2D eigenvalue weighted by atomic mass is 127. The van der Waals surface area contributed by atoms with Crippen molar-refractivity contribution in [1.29, 1.82) is 0 Å². The second kappa shape index (κ2) is 8.21. The molecule has 0 spiro atoms. The summed E-state index contributed by atoms with van der Waals surface area (Å²) >= 11 is 2.40. The summed E-state index contributed by atoms with van der Waals surface area (Å²) < 4.78 is 1.28. The molecule has 0 rings (SSSR count). The zero-order valence-corrected chi connectivity index (χ0v) is 7.80. The Morgan fingerprint density at radius 2 is 2.11 bits per heavy atom. The first-order chi connectivity index (χ1) is 4.41. The molecular weight excluding hydrogens is 223 g/mol. The molecule has 0 aromatic heterocycles. The first-order valence-corrected chi connectivity index (χ1v) is 4.78. The van der Waals surface area contributed by atoms with Gasteiger partial charge in [0.2, 0.25) is 0 Å². The normalized spacial score (nSPS) is 10.3. The van der Waals surface area contributed by atoms with Gasteiger partial charge in [0, 0.05) is 0 Å². The van der Waals surface area contributed by atoms with E-state index in [-0.39, 0.29) is 0 Å². The molecule has 0 unspecified atom stereocenters. The van der Waals surface area contributed by atoms with Crippen LogP contribution in [-0.4, -0.2) is 4.43 Å². The van der Waals surface area contributed by atoms with Crippen molar-refractivity contribution in [3.63, 3.8) is 0 Å². The van der Waals surface area contributed by atoms with E-state index in [0.717, 1.165) is 0 Å². The fraction of sp³-hybridized carbons (Fsp3) is 0.500. The second-order valence-corrected chi connectivity index (χ2v) is 2.93. The molecular formula is C8H13I. The molecule has 0 heterocycles. The van der Waals surface area contributed by atoms with E-state index >= 15 is 0 Å². The molecule has 9 heavy (non-hydrogen) atoms. The summed E-state index contributed by atoms with van der Waals surface area (Å²) in [7, 11) is 0. The smallest absolute Gasteiger partial charge is 0.000462 e. The van der Waals surface area contributed by atoms with Gasteiger partial charge >= 0.3 is 0 Å². The topological polar surface area (TPSA) is 0 Å². The largest absolute Gasteiger partial charge is 0.0991 e. The van der Waals surface area contributed by atoms with Crippen LogP contribution in [0.2, 0.25) is 0 Å². The molecule has 0 nitrogen and oxygen atoms in total. The molecule has 0 aliphatic rings. The molecule has 0 fully saturated rings.